The van der Waals surface area contributed by atoms with Gasteiger partial charge in [-0.2, -0.15) is 0 Å². The molecule has 7 rings (SSSR count). The SMILES string of the molecule is CC(C)=CCC[C@]1(C)C=Cc2c(O)c3c(c(CC=C(C)C)c2O1)O[C@]12C(=CC4C[C@H]1C(C)(C)O[C@@]2(C/C=C(\C)C(=O)O)C4=O)C3=O. The predicted molar refractivity (Wildman–Crippen MR) is 174 cm³/mol. The molecule has 1 saturated carbocycles. The average molecular weight is 629 g/mol. The van der Waals surface area contributed by atoms with E-state index in [2.05, 4.69) is 19.9 Å². The fraction of sp³-hybridized carbons (Fsp3) is 0.500. The molecule has 2 fully saturated rings. The topological polar surface area (TPSA) is 119 Å². The van der Waals surface area contributed by atoms with Crippen LogP contribution in [-0.2, 0) is 20.7 Å². The number of carboxylic acid groups (broad SMARTS) is 1. The molecule has 1 aromatic carbocycles. The molecule has 1 unspecified atom stereocenters. The van der Waals surface area contributed by atoms with Crippen molar-refractivity contribution in [1.82, 2.24) is 0 Å². The van der Waals surface area contributed by atoms with Crippen LogP contribution in [0.15, 0.2) is 52.7 Å². The van der Waals surface area contributed by atoms with Gasteiger partial charge in [0.1, 0.15) is 28.4 Å². The Morgan fingerprint density at radius 2 is 1.70 bits per heavy atom. The number of fused-ring (bicyclic) bond motifs is 2. The lowest BCUT2D eigenvalue weighted by molar-refractivity contribution is -0.171. The van der Waals surface area contributed by atoms with E-state index in [4.69, 9.17) is 14.2 Å². The van der Waals surface area contributed by atoms with Crippen molar-refractivity contribution in [2.24, 2.45) is 11.8 Å². The fourth-order valence-corrected chi connectivity index (χ4v) is 8.17. The van der Waals surface area contributed by atoms with Crippen LogP contribution < -0.4 is 9.47 Å². The van der Waals surface area contributed by atoms with Crippen LogP contribution in [0, 0.1) is 11.8 Å². The van der Waals surface area contributed by atoms with E-state index in [1.54, 1.807) is 6.08 Å². The molecule has 1 spiro atoms. The number of benzene rings is 1. The van der Waals surface area contributed by atoms with E-state index in [1.807, 2.05) is 52.8 Å². The Bertz CT molecular complexity index is 1730. The number of hydrogen-bond donors (Lipinski definition) is 2. The highest BCUT2D eigenvalue weighted by molar-refractivity contribution is 6.19. The minimum absolute atomic E-state index is 0.0544. The second-order valence-electron chi connectivity index (χ2n) is 14.8. The van der Waals surface area contributed by atoms with E-state index in [1.165, 1.54) is 18.6 Å². The highest BCUT2D eigenvalue weighted by Crippen LogP contribution is 2.68. The van der Waals surface area contributed by atoms with Gasteiger partial charge in [-0.05, 0) is 93.2 Å². The number of carbonyl (C=O) groups excluding carboxylic acids is 2. The zero-order valence-corrected chi connectivity index (χ0v) is 28.0. The number of allylic oxidation sites excluding steroid dienone is 5. The summed E-state index contributed by atoms with van der Waals surface area (Å²) in [5.41, 5.74) is -0.952. The van der Waals surface area contributed by atoms with Crippen molar-refractivity contribution in [3.8, 4) is 17.2 Å². The van der Waals surface area contributed by atoms with Gasteiger partial charge in [0, 0.05) is 35.0 Å². The van der Waals surface area contributed by atoms with E-state index in [9.17, 15) is 24.6 Å². The molecule has 3 aliphatic carbocycles. The lowest BCUT2D eigenvalue weighted by atomic mass is 9.51. The molecule has 0 aromatic heterocycles. The second-order valence-corrected chi connectivity index (χ2v) is 14.8. The summed E-state index contributed by atoms with van der Waals surface area (Å²) in [6.45, 7) is 15.4. The van der Waals surface area contributed by atoms with Crippen molar-refractivity contribution >= 4 is 23.6 Å². The predicted octanol–water partition coefficient (Wildman–Crippen LogP) is 7.24. The fourth-order valence-electron chi connectivity index (χ4n) is 8.17. The number of carboxylic acids is 1. The maximum atomic E-state index is 14.7. The molecule has 4 bridgehead atoms. The molecule has 6 aliphatic rings. The number of phenolic OH excluding ortho intramolecular Hbond substituents is 1. The van der Waals surface area contributed by atoms with Crippen molar-refractivity contribution in [1.29, 1.82) is 0 Å². The third-order valence-electron chi connectivity index (χ3n) is 10.5. The number of carbonyl (C=O) groups is 3. The minimum atomic E-state index is -1.63. The highest BCUT2D eigenvalue weighted by Gasteiger charge is 2.81. The maximum absolute atomic E-state index is 14.7. The summed E-state index contributed by atoms with van der Waals surface area (Å²) in [5, 5.41) is 21.4. The number of ether oxygens (including phenoxy) is 3. The summed E-state index contributed by atoms with van der Waals surface area (Å²) in [5.74, 6) is -2.28. The first kappa shape index (κ1) is 32.0. The first-order valence-electron chi connectivity index (χ1n) is 16.2. The number of Topliss-reactive ketones (excluding diaryl/α,β-unsaturated/α-hetero) is 2. The molecule has 8 nitrogen and oxygen atoms in total. The summed E-state index contributed by atoms with van der Waals surface area (Å²) >= 11 is 0. The van der Waals surface area contributed by atoms with Crippen LogP contribution in [0.1, 0.15) is 103 Å². The molecule has 3 aliphatic heterocycles. The Kier molecular flexibility index (Phi) is 7.36. The van der Waals surface area contributed by atoms with Gasteiger partial charge in [0.2, 0.25) is 0 Å². The molecule has 8 heteroatoms. The van der Waals surface area contributed by atoms with Gasteiger partial charge in [-0.15, -0.1) is 0 Å². The van der Waals surface area contributed by atoms with Gasteiger partial charge < -0.3 is 24.4 Å². The number of ketones is 2. The van der Waals surface area contributed by atoms with Gasteiger partial charge in [-0.1, -0.05) is 35.5 Å². The summed E-state index contributed by atoms with van der Waals surface area (Å²) in [6.07, 6.45) is 13.4. The Labute approximate surface area is 270 Å². The summed E-state index contributed by atoms with van der Waals surface area (Å²) in [6, 6.07) is 0. The van der Waals surface area contributed by atoms with Crippen molar-refractivity contribution in [3.63, 3.8) is 0 Å². The first-order chi connectivity index (χ1) is 21.5. The van der Waals surface area contributed by atoms with Crippen molar-refractivity contribution in [2.45, 2.75) is 110 Å². The zero-order valence-electron chi connectivity index (χ0n) is 28.0. The van der Waals surface area contributed by atoms with E-state index in [0.717, 1.165) is 12.0 Å². The molecule has 0 radical (unpaired) electrons. The van der Waals surface area contributed by atoms with Crippen LogP contribution >= 0.6 is 0 Å². The number of hydrogen-bond acceptors (Lipinski definition) is 7. The smallest absolute Gasteiger partial charge is 0.330 e. The van der Waals surface area contributed by atoms with E-state index in [-0.39, 0.29) is 40.8 Å². The normalized spacial score (nSPS) is 31.2. The molecule has 244 valence electrons. The molecular formula is C38H44O8. The number of phenols is 1. The second kappa shape index (κ2) is 10.6. The number of aromatic hydroxyl groups is 1. The van der Waals surface area contributed by atoms with Gasteiger partial charge in [0.25, 0.3) is 0 Å². The Morgan fingerprint density at radius 1 is 1.00 bits per heavy atom. The quantitative estimate of drug-likeness (QED) is 0.228. The van der Waals surface area contributed by atoms with Crippen LogP contribution in [0.25, 0.3) is 6.08 Å². The Hall–Kier alpha value is -3.91. The van der Waals surface area contributed by atoms with Crippen LogP contribution in [0.4, 0.5) is 0 Å². The molecule has 46 heavy (non-hydrogen) atoms. The van der Waals surface area contributed by atoms with E-state index in [0.29, 0.717) is 41.7 Å². The molecule has 3 heterocycles. The zero-order chi connectivity index (χ0) is 33.6. The van der Waals surface area contributed by atoms with Crippen LogP contribution in [-0.4, -0.2) is 50.2 Å². The van der Waals surface area contributed by atoms with Crippen molar-refractivity contribution in [2.75, 3.05) is 0 Å². The standard InChI is InChI=1S/C38H44O8/c1-20(2)10-9-15-36(8)16-14-24-29(39)28-30(40)26-18-23-19-27-35(6,7)46-37(33(23)41,17-13-22(5)34(42)43)38(26,27)45-32(28)25(31(24)44-36)12-11-21(3)4/h10-11,13-14,16,18,23,27,39H,9,12,15,17,19H2,1-8H3,(H,42,43)/b22-13+/t23?,27-,36+,37-,38+/m0/s1. The van der Waals surface area contributed by atoms with E-state index >= 15 is 0 Å². The monoisotopic (exact) mass is 628 g/mol. The molecule has 2 N–H and O–H groups in total. The molecular weight excluding hydrogens is 584 g/mol. The summed E-state index contributed by atoms with van der Waals surface area (Å²) in [4.78, 5) is 40.8. The molecule has 1 saturated heterocycles. The van der Waals surface area contributed by atoms with Gasteiger partial charge in [-0.3, -0.25) is 9.59 Å². The van der Waals surface area contributed by atoms with Crippen LogP contribution in [0.3, 0.4) is 0 Å². The third-order valence-corrected chi connectivity index (χ3v) is 10.5. The first-order valence-corrected chi connectivity index (χ1v) is 16.2. The summed E-state index contributed by atoms with van der Waals surface area (Å²) in [7, 11) is 0. The lowest BCUT2D eigenvalue weighted by Crippen LogP contribution is -2.72. The van der Waals surface area contributed by atoms with Crippen molar-refractivity contribution in [3.05, 3.63) is 69.4 Å². The number of aliphatic carboxylic acids is 1. The Balaban J connectivity index is 1.59. The third kappa shape index (κ3) is 4.47. The van der Waals surface area contributed by atoms with Crippen molar-refractivity contribution < 1.29 is 38.8 Å². The molecule has 0 amide bonds. The van der Waals surface area contributed by atoms with Gasteiger partial charge in [0.15, 0.2) is 22.8 Å². The largest absolute Gasteiger partial charge is 0.506 e. The van der Waals surface area contributed by atoms with Gasteiger partial charge in [-0.25, -0.2) is 4.79 Å². The summed E-state index contributed by atoms with van der Waals surface area (Å²) < 4.78 is 20.6. The van der Waals surface area contributed by atoms with E-state index < -0.39 is 40.1 Å². The highest BCUT2D eigenvalue weighted by atomic mass is 16.6. The van der Waals surface area contributed by atoms with Gasteiger partial charge >= 0.3 is 5.97 Å². The lowest BCUT2D eigenvalue weighted by Gasteiger charge is -2.56. The maximum Gasteiger partial charge on any atom is 0.330 e. The molecule has 1 aromatic rings. The van der Waals surface area contributed by atoms with Gasteiger partial charge in [0.05, 0.1) is 11.2 Å². The Morgan fingerprint density at radius 3 is 2.35 bits per heavy atom. The van der Waals surface area contributed by atoms with Crippen LogP contribution in [0.2, 0.25) is 0 Å². The molecule has 5 atom stereocenters. The number of rotatable bonds is 8. The average Bonchev–Trinajstić information content (AvgIpc) is 3.12. The van der Waals surface area contributed by atoms with Crippen LogP contribution in [0.5, 0.6) is 17.2 Å². The minimum Gasteiger partial charge on any atom is -0.506 e.